The molecule has 62 heavy (non-hydrogen) atoms. The molecule has 352 valence electrons. The van der Waals surface area contributed by atoms with Gasteiger partial charge in [-0.2, -0.15) is 0 Å². The van der Waals surface area contributed by atoms with Crippen molar-refractivity contribution in [3.63, 3.8) is 0 Å². The fraction of sp³-hybridized carbons (Fsp3) is 0.841. The number of fused-ring (bicyclic) bond motifs is 5. The highest BCUT2D eigenvalue weighted by Gasteiger charge is 2.62. The van der Waals surface area contributed by atoms with E-state index in [2.05, 4.69) is 45.7 Å². The summed E-state index contributed by atoms with van der Waals surface area (Å²) in [6.45, 7) is 5.36. The molecule has 4 aliphatic rings. The predicted octanol–water partition coefficient (Wildman–Crippen LogP) is 0.879. The summed E-state index contributed by atoms with van der Waals surface area (Å²) >= 11 is 0. The molecule has 10 N–H and O–H groups in total. The van der Waals surface area contributed by atoms with Gasteiger partial charge in [-0.1, -0.05) is 26.7 Å². The van der Waals surface area contributed by atoms with Gasteiger partial charge in [0.2, 0.25) is 35.4 Å². The Bertz CT molecular complexity index is 1520. The number of carbonyl (C=O) groups is 7. The second-order valence-corrected chi connectivity index (χ2v) is 18.3. The van der Waals surface area contributed by atoms with Gasteiger partial charge >= 0.3 is 5.97 Å². The summed E-state index contributed by atoms with van der Waals surface area (Å²) in [6, 6.07) is -1.24. The smallest absolute Gasteiger partial charge is 0.326 e. The molecular formula is C44H75N7O11. The van der Waals surface area contributed by atoms with E-state index in [1.807, 2.05) is 0 Å². The molecule has 0 aromatic carbocycles. The van der Waals surface area contributed by atoms with Gasteiger partial charge in [-0.15, -0.1) is 0 Å². The normalized spacial score (nSPS) is 27.9. The first-order chi connectivity index (χ1) is 29.7. The Morgan fingerprint density at radius 3 is 2.13 bits per heavy atom. The number of aliphatic carboxylic acids is 1. The fourth-order valence-corrected chi connectivity index (χ4v) is 11.2. The number of hydrogen-bond acceptors (Lipinski definition) is 11. The van der Waals surface area contributed by atoms with E-state index in [4.69, 9.17) is 15.2 Å². The molecule has 18 heteroatoms. The van der Waals surface area contributed by atoms with Gasteiger partial charge in [-0.05, 0) is 111 Å². The molecule has 4 aliphatic carbocycles. The molecule has 8 unspecified atom stereocenters. The molecule has 0 saturated heterocycles. The summed E-state index contributed by atoms with van der Waals surface area (Å²) in [6.07, 6.45) is 13.1. The lowest BCUT2D eigenvalue weighted by Gasteiger charge is -2.62. The second-order valence-electron chi connectivity index (χ2n) is 18.3. The van der Waals surface area contributed by atoms with Crippen LogP contribution < -0.4 is 37.6 Å². The Morgan fingerprint density at radius 1 is 0.694 bits per heavy atom. The first-order valence-corrected chi connectivity index (χ1v) is 23.1. The average molecular weight is 878 g/mol. The monoisotopic (exact) mass is 878 g/mol. The van der Waals surface area contributed by atoms with Crippen LogP contribution in [0.25, 0.3) is 0 Å². The topological polar surface area (TPSA) is 277 Å². The third-order valence-electron chi connectivity index (χ3n) is 14.6. The summed E-state index contributed by atoms with van der Waals surface area (Å²) in [4.78, 5) is 84.2. The fourth-order valence-electron chi connectivity index (χ4n) is 11.2. The van der Waals surface area contributed by atoms with Crippen molar-refractivity contribution in [1.82, 2.24) is 31.9 Å². The number of carboxylic acid groups (broad SMARTS) is 1. The van der Waals surface area contributed by atoms with Crippen LogP contribution in [0.1, 0.15) is 117 Å². The molecule has 0 aromatic heterocycles. The third-order valence-corrected chi connectivity index (χ3v) is 14.6. The van der Waals surface area contributed by atoms with Gasteiger partial charge in [0.1, 0.15) is 12.6 Å². The zero-order valence-corrected chi connectivity index (χ0v) is 37.1. The maximum atomic E-state index is 12.7. The van der Waals surface area contributed by atoms with Crippen LogP contribution in [0.5, 0.6) is 0 Å². The van der Waals surface area contributed by atoms with Gasteiger partial charge in [0.05, 0.1) is 39.0 Å². The quantitative estimate of drug-likeness (QED) is 0.0521. The Labute approximate surface area is 366 Å². The highest BCUT2D eigenvalue weighted by atomic mass is 16.5. The standard InChI is InChI=1S/C44H75N7O11/c1-43-17-4-3-7-29(43)11-13-31-32-14-12-30(44(32,2)35(52)25-33(31)43)8-5-9-36(53)46-19-6-10-38(55)51-34(42(59)60)15-16-37(54)48-21-22-61-23-24-62-28-41(58)50-27-40(57)49-26-39(56)47-20-18-45/h29-35,52H,3-28,45H2,1-2H3,(H,46,53)(H,47,56)(H,48,54)(H,49,57)(H,50,58)(H,51,55)(H,59,60)/t29?,30?,31?,32?,33?,34?,35-,43?,44?/m0/s1. The summed E-state index contributed by atoms with van der Waals surface area (Å²) in [7, 11) is 0. The van der Waals surface area contributed by atoms with Crippen molar-refractivity contribution in [1.29, 1.82) is 0 Å². The van der Waals surface area contributed by atoms with E-state index in [9.17, 15) is 43.8 Å². The Hall–Kier alpha value is -3.87. The molecular weight excluding hydrogens is 803 g/mol. The van der Waals surface area contributed by atoms with Crippen molar-refractivity contribution in [2.75, 3.05) is 65.7 Å². The molecule has 0 spiro atoms. The minimum absolute atomic E-state index is 0.0261. The van der Waals surface area contributed by atoms with Gasteiger partial charge < -0.3 is 57.3 Å². The molecule has 9 atom stereocenters. The van der Waals surface area contributed by atoms with Gasteiger partial charge in [0.25, 0.3) is 0 Å². The lowest BCUT2D eigenvalue weighted by Crippen LogP contribution is -2.57. The highest BCUT2D eigenvalue weighted by molar-refractivity contribution is 5.88. The van der Waals surface area contributed by atoms with E-state index in [1.165, 1.54) is 44.9 Å². The van der Waals surface area contributed by atoms with E-state index in [1.54, 1.807) is 0 Å². The lowest BCUT2D eigenvalue weighted by atomic mass is 9.44. The van der Waals surface area contributed by atoms with E-state index < -0.39 is 41.5 Å². The number of rotatable bonds is 27. The summed E-state index contributed by atoms with van der Waals surface area (Å²) in [5, 5.41) is 36.5. The maximum absolute atomic E-state index is 12.7. The molecule has 6 amide bonds. The molecule has 4 saturated carbocycles. The first kappa shape index (κ1) is 50.8. The largest absolute Gasteiger partial charge is 0.480 e. The summed E-state index contributed by atoms with van der Waals surface area (Å²) < 4.78 is 10.5. The summed E-state index contributed by atoms with van der Waals surface area (Å²) in [5.74, 6) is -0.552. The molecule has 0 heterocycles. The molecule has 0 aromatic rings. The number of nitrogens with two attached hydrogens (primary N) is 1. The van der Waals surface area contributed by atoms with E-state index >= 15 is 0 Å². The Balaban J connectivity index is 0.990. The third kappa shape index (κ3) is 14.9. The number of nitrogens with one attached hydrogen (secondary N) is 6. The number of aliphatic hydroxyl groups is 1. The minimum atomic E-state index is -1.25. The number of ether oxygens (including phenoxy) is 2. The van der Waals surface area contributed by atoms with Crippen molar-refractivity contribution >= 4 is 41.4 Å². The van der Waals surface area contributed by atoms with Gasteiger partial charge in [0, 0.05) is 45.4 Å². The van der Waals surface area contributed by atoms with Crippen LogP contribution in [0, 0.1) is 40.4 Å². The van der Waals surface area contributed by atoms with Crippen LogP contribution in [0.15, 0.2) is 0 Å². The Kier molecular flexibility index (Phi) is 20.8. The molecule has 0 bridgehead atoms. The number of aliphatic hydroxyl groups excluding tert-OH is 1. The molecule has 4 fully saturated rings. The van der Waals surface area contributed by atoms with E-state index in [0.29, 0.717) is 55.0 Å². The Morgan fingerprint density at radius 2 is 1.37 bits per heavy atom. The number of carbonyl (C=O) groups excluding carboxylic acids is 6. The van der Waals surface area contributed by atoms with Crippen molar-refractivity contribution in [2.24, 2.45) is 46.2 Å². The minimum Gasteiger partial charge on any atom is -0.480 e. The lowest BCUT2D eigenvalue weighted by molar-refractivity contribution is -0.164. The van der Waals surface area contributed by atoms with Crippen molar-refractivity contribution in [3.8, 4) is 0 Å². The number of carboxylic acids is 1. The van der Waals surface area contributed by atoms with Crippen LogP contribution in [-0.2, 0) is 43.0 Å². The van der Waals surface area contributed by atoms with Crippen LogP contribution in [0.2, 0.25) is 0 Å². The van der Waals surface area contributed by atoms with Gasteiger partial charge in [0.15, 0.2) is 0 Å². The van der Waals surface area contributed by atoms with Crippen LogP contribution in [-0.4, -0.2) is 129 Å². The maximum Gasteiger partial charge on any atom is 0.326 e. The molecule has 0 aliphatic heterocycles. The highest BCUT2D eigenvalue weighted by Crippen LogP contribution is 2.67. The SMILES string of the molecule is CC12CCCCC1CCC1C2C[C@H](O)C2(C)C(CCCC(=O)NCCCC(=O)NC(CCC(=O)NCCOCCOCC(=O)NCC(=O)NCC(=O)NCCN)C(=O)O)CCC12. The molecule has 18 nitrogen and oxygen atoms in total. The number of amides is 6. The average Bonchev–Trinajstić information content (AvgIpc) is 3.59. The van der Waals surface area contributed by atoms with Gasteiger partial charge in [-0.3, -0.25) is 28.8 Å². The van der Waals surface area contributed by atoms with E-state index in [-0.39, 0.29) is 89.3 Å². The second kappa shape index (κ2) is 25.4. The first-order valence-electron chi connectivity index (χ1n) is 23.1. The number of hydrogen-bond donors (Lipinski definition) is 9. The van der Waals surface area contributed by atoms with Crippen molar-refractivity contribution in [2.45, 2.75) is 129 Å². The van der Waals surface area contributed by atoms with E-state index in [0.717, 1.165) is 31.6 Å². The van der Waals surface area contributed by atoms with Gasteiger partial charge in [-0.25, -0.2) is 4.79 Å². The van der Waals surface area contributed by atoms with Crippen LogP contribution >= 0.6 is 0 Å². The van der Waals surface area contributed by atoms with Crippen LogP contribution in [0.3, 0.4) is 0 Å². The van der Waals surface area contributed by atoms with Crippen molar-refractivity contribution < 1.29 is 53.2 Å². The summed E-state index contributed by atoms with van der Waals surface area (Å²) in [5.41, 5.74) is 5.57. The van der Waals surface area contributed by atoms with Crippen LogP contribution in [0.4, 0.5) is 0 Å². The predicted molar refractivity (Wildman–Crippen MR) is 229 cm³/mol. The molecule has 4 rings (SSSR count). The zero-order chi connectivity index (χ0) is 45.1. The zero-order valence-electron chi connectivity index (χ0n) is 37.1. The molecule has 0 radical (unpaired) electrons. The van der Waals surface area contributed by atoms with Crippen molar-refractivity contribution in [3.05, 3.63) is 0 Å².